The zero-order valence-corrected chi connectivity index (χ0v) is 11.7. The number of unbranched alkanes of at least 4 members (excludes halogenated alkanes) is 3. The van der Waals surface area contributed by atoms with Crippen molar-refractivity contribution >= 4 is 5.90 Å². The molecule has 0 saturated heterocycles. The summed E-state index contributed by atoms with van der Waals surface area (Å²) < 4.78 is 5.44. The van der Waals surface area contributed by atoms with E-state index in [2.05, 4.69) is 24.9 Å². The van der Waals surface area contributed by atoms with Gasteiger partial charge >= 0.3 is 0 Å². The molecule has 0 unspecified atom stereocenters. The smallest absolute Gasteiger partial charge is 0.202 e. The Hall–Kier alpha value is -0.870. The summed E-state index contributed by atoms with van der Waals surface area (Å²) in [5, 5.41) is 7.87. The molecule has 1 rings (SSSR count). The lowest BCUT2D eigenvalue weighted by Gasteiger charge is -2.26. The van der Waals surface area contributed by atoms with Gasteiger partial charge in [0.1, 0.15) is 6.04 Å². The molecule has 4 heteroatoms. The van der Waals surface area contributed by atoms with Crippen LogP contribution in [-0.2, 0) is 4.74 Å². The fourth-order valence-corrected chi connectivity index (χ4v) is 2.12. The maximum Gasteiger partial charge on any atom is 0.202 e. The van der Waals surface area contributed by atoms with Gasteiger partial charge in [0.05, 0.1) is 6.61 Å². The lowest BCUT2D eigenvalue weighted by molar-refractivity contribution is 0.276. The van der Waals surface area contributed by atoms with Crippen LogP contribution >= 0.6 is 0 Å². The van der Waals surface area contributed by atoms with Crippen LogP contribution in [0.2, 0.25) is 0 Å². The lowest BCUT2D eigenvalue weighted by Crippen LogP contribution is -2.40. The molecule has 0 spiro atoms. The number of nitrogens with zero attached hydrogens (tertiary/aromatic N) is 1. The molecule has 0 saturated carbocycles. The van der Waals surface area contributed by atoms with Crippen molar-refractivity contribution in [3.63, 3.8) is 0 Å². The van der Waals surface area contributed by atoms with Gasteiger partial charge in [0, 0.05) is 13.1 Å². The third-order valence-electron chi connectivity index (χ3n) is 3.31. The van der Waals surface area contributed by atoms with Crippen LogP contribution in [0.15, 0.2) is 11.6 Å². The first kappa shape index (κ1) is 15.2. The molecule has 1 aliphatic rings. The van der Waals surface area contributed by atoms with Gasteiger partial charge in [0.15, 0.2) is 0 Å². The maximum absolute atomic E-state index is 7.87. The van der Waals surface area contributed by atoms with E-state index >= 15 is 0 Å². The third-order valence-corrected chi connectivity index (χ3v) is 3.31. The van der Waals surface area contributed by atoms with Crippen molar-refractivity contribution in [3.8, 4) is 0 Å². The Morgan fingerprint density at radius 3 is 2.94 bits per heavy atom. The van der Waals surface area contributed by atoms with Crippen molar-refractivity contribution in [1.29, 1.82) is 5.41 Å². The minimum absolute atomic E-state index is 0.216. The van der Waals surface area contributed by atoms with E-state index in [1.54, 1.807) is 0 Å². The van der Waals surface area contributed by atoms with Gasteiger partial charge in [-0.1, -0.05) is 32.3 Å². The largest absolute Gasteiger partial charge is 0.480 e. The van der Waals surface area contributed by atoms with Crippen molar-refractivity contribution in [1.82, 2.24) is 4.90 Å². The molecule has 1 atom stereocenters. The summed E-state index contributed by atoms with van der Waals surface area (Å²) in [6, 6.07) is -0.362. The highest BCUT2D eigenvalue weighted by molar-refractivity contribution is 5.82. The summed E-state index contributed by atoms with van der Waals surface area (Å²) in [6.07, 6.45) is 7.81. The van der Waals surface area contributed by atoms with Gasteiger partial charge in [0.25, 0.3) is 0 Å². The van der Waals surface area contributed by atoms with Gasteiger partial charge in [-0.15, -0.1) is 0 Å². The van der Waals surface area contributed by atoms with Crippen molar-refractivity contribution in [2.45, 2.75) is 45.1 Å². The molecule has 18 heavy (non-hydrogen) atoms. The Bertz CT molecular complexity index is 289. The van der Waals surface area contributed by atoms with Crippen LogP contribution in [0.3, 0.4) is 0 Å². The molecule has 0 fully saturated rings. The number of ether oxygens (including phenoxy) is 1. The molecular weight excluding hydrogens is 226 g/mol. The molecule has 104 valence electrons. The minimum atomic E-state index is -0.362. The highest BCUT2D eigenvalue weighted by Crippen LogP contribution is 2.12. The third kappa shape index (κ3) is 5.19. The summed E-state index contributed by atoms with van der Waals surface area (Å²) in [6.45, 7) is 4.73. The van der Waals surface area contributed by atoms with Gasteiger partial charge in [-0.05, 0) is 25.5 Å². The van der Waals surface area contributed by atoms with Gasteiger partial charge in [-0.3, -0.25) is 5.41 Å². The van der Waals surface area contributed by atoms with Gasteiger partial charge < -0.3 is 15.4 Å². The Balaban J connectivity index is 2.26. The van der Waals surface area contributed by atoms with Crippen molar-refractivity contribution in [3.05, 3.63) is 11.6 Å². The molecular formula is C14H27N3O. The Morgan fingerprint density at radius 2 is 2.28 bits per heavy atom. The molecule has 0 radical (unpaired) electrons. The van der Waals surface area contributed by atoms with E-state index in [1.807, 2.05) is 0 Å². The first-order valence-corrected chi connectivity index (χ1v) is 6.99. The van der Waals surface area contributed by atoms with E-state index in [4.69, 9.17) is 15.9 Å². The maximum atomic E-state index is 7.87. The topological polar surface area (TPSA) is 62.3 Å². The Morgan fingerprint density at radius 1 is 1.50 bits per heavy atom. The van der Waals surface area contributed by atoms with Gasteiger partial charge in [0.2, 0.25) is 5.90 Å². The number of nitrogens with two attached hydrogens (primary N) is 1. The molecule has 0 aromatic rings. The predicted molar refractivity (Wildman–Crippen MR) is 76.0 cm³/mol. The monoisotopic (exact) mass is 253 g/mol. The number of hydrogen-bond acceptors (Lipinski definition) is 4. The SMILES string of the molecule is CCCCCCOC(=N)[C@H](N)C1=CCCN(C)C1. The number of nitrogens with one attached hydrogen (secondary N) is 1. The zero-order chi connectivity index (χ0) is 13.4. The van der Waals surface area contributed by atoms with E-state index in [0.29, 0.717) is 6.61 Å². The fraction of sp³-hybridized carbons (Fsp3) is 0.786. The highest BCUT2D eigenvalue weighted by atomic mass is 16.5. The average molecular weight is 253 g/mol. The van der Waals surface area contributed by atoms with Crippen molar-refractivity contribution < 1.29 is 4.74 Å². The van der Waals surface area contributed by atoms with Crippen LogP contribution in [0, 0.1) is 5.41 Å². The highest BCUT2D eigenvalue weighted by Gasteiger charge is 2.19. The standard InChI is InChI=1S/C14H27N3O/c1-3-4-5-6-10-18-14(16)13(15)12-8-7-9-17(2)11-12/h8,13,16H,3-7,9-11,15H2,1-2H3/t13-/m1/s1. The Labute approximate surface area is 111 Å². The summed E-state index contributed by atoms with van der Waals surface area (Å²) in [4.78, 5) is 2.23. The summed E-state index contributed by atoms with van der Waals surface area (Å²) >= 11 is 0. The fourth-order valence-electron chi connectivity index (χ4n) is 2.12. The number of rotatable bonds is 7. The number of likely N-dealkylation sites (N-methyl/N-ethyl adjacent to an activating group) is 1. The molecule has 1 aliphatic heterocycles. The minimum Gasteiger partial charge on any atom is -0.480 e. The van der Waals surface area contributed by atoms with Crippen molar-refractivity contribution in [2.75, 3.05) is 26.7 Å². The van der Waals surface area contributed by atoms with E-state index < -0.39 is 0 Å². The molecule has 4 nitrogen and oxygen atoms in total. The molecule has 0 aliphatic carbocycles. The number of hydrogen-bond donors (Lipinski definition) is 2. The van der Waals surface area contributed by atoms with Crippen LogP contribution in [0.1, 0.15) is 39.0 Å². The first-order chi connectivity index (χ1) is 8.65. The summed E-state index contributed by atoms with van der Waals surface area (Å²) in [7, 11) is 2.08. The second-order valence-corrected chi connectivity index (χ2v) is 5.06. The van der Waals surface area contributed by atoms with Crippen LogP contribution in [0.5, 0.6) is 0 Å². The van der Waals surface area contributed by atoms with Crippen LogP contribution < -0.4 is 5.73 Å². The van der Waals surface area contributed by atoms with E-state index in [1.165, 1.54) is 19.3 Å². The quantitative estimate of drug-likeness (QED) is 0.316. The molecule has 0 aromatic carbocycles. The normalized spacial score (nSPS) is 18.3. The second-order valence-electron chi connectivity index (χ2n) is 5.06. The van der Waals surface area contributed by atoms with E-state index in [9.17, 15) is 0 Å². The van der Waals surface area contributed by atoms with Crippen molar-refractivity contribution in [2.24, 2.45) is 5.73 Å². The van der Waals surface area contributed by atoms with Gasteiger partial charge in [-0.2, -0.15) is 0 Å². The molecule has 3 N–H and O–H groups in total. The summed E-state index contributed by atoms with van der Waals surface area (Å²) in [5.41, 5.74) is 7.16. The van der Waals surface area contributed by atoms with Crippen LogP contribution in [-0.4, -0.2) is 43.6 Å². The molecule has 0 amide bonds. The van der Waals surface area contributed by atoms with E-state index in [0.717, 1.165) is 31.5 Å². The van der Waals surface area contributed by atoms with Crippen LogP contribution in [0.25, 0.3) is 0 Å². The average Bonchev–Trinajstić information content (AvgIpc) is 2.37. The Kier molecular flexibility index (Phi) is 6.98. The lowest BCUT2D eigenvalue weighted by atomic mass is 10.0. The predicted octanol–water partition coefficient (Wildman–Crippen LogP) is 2.15. The summed E-state index contributed by atoms with van der Waals surface area (Å²) in [5.74, 6) is 0.216. The molecule has 1 heterocycles. The zero-order valence-electron chi connectivity index (χ0n) is 11.7. The van der Waals surface area contributed by atoms with Crippen LogP contribution in [0.4, 0.5) is 0 Å². The molecule has 0 bridgehead atoms. The van der Waals surface area contributed by atoms with E-state index in [-0.39, 0.29) is 11.9 Å². The second kappa shape index (κ2) is 8.27. The van der Waals surface area contributed by atoms with Gasteiger partial charge in [-0.25, -0.2) is 0 Å². The molecule has 0 aromatic heterocycles. The first-order valence-electron chi connectivity index (χ1n) is 6.99.